The maximum atomic E-state index is 10.2. The number of carboxylic acids is 1. The van der Waals surface area contributed by atoms with Crippen molar-refractivity contribution in [1.82, 2.24) is 4.57 Å². The molecule has 26 heavy (non-hydrogen) atoms. The summed E-state index contributed by atoms with van der Waals surface area (Å²) in [7, 11) is 2.06. The number of carboxylic acid groups (broad SMARTS) is 1. The Hall–Kier alpha value is -2.67. The smallest absolute Gasteiger partial charge is 0.247 e. The van der Waals surface area contributed by atoms with E-state index in [-0.39, 0.29) is 26.0 Å². The monoisotopic (exact) mass is 432 g/mol. The molecule has 134 valence electrons. The molecular formula is C22H16NO2Pd-3. The second-order valence-corrected chi connectivity index (χ2v) is 5.41. The van der Waals surface area contributed by atoms with Crippen molar-refractivity contribution < 1.29 is 30.3 Å². The molecule has 0 radical (unpaired) electrons. The van der Waals surface area contributed by atoms with Crippen LogP contribution in [0.25, 0.3) is 22.2 Å². The third-order valence-electron chi connectivity index (χ3n) is 3.76. The van der Waals surface area contributed by atoms with Crippen molar-refractivity contribution in [3.05, 3.63) is 96.6 Å². The van der Waals surface area contributed by atoms with Gasteiger partial charge < -0.3 is 14.5 Å². The average molecular weight is 433 g/mol. The first kappa shape index (κ1) is 19.7. The van der Waals surface area contributed by atoms with E-state index in [1.165, 1.54) is 11.6 Å². The quantitative estimate of drug-likeness (QED) is 0.371. The molecule has 4 rings (SSSR count). The van der Waals surface area contributed by atoms with Gasteiger partial charge in [-0.25, -0.2) is 5.56 Å². The minimum atomic E-state index is -0.935. The Morgan fingerprint density at radius 2 is 1.58 bits per heavy atom. The Bertz CT molecular complexity index is 979. The summed E-state index contributed by atoms with van der Waals surface area (Å²) in [5.74, 6) is -0.935. The first-order valence-electron chi connectivity index (χ1n) is 7.80. The number of nitrogens with zero attached hydrogens (tertiary/aromatic N) is 1. The van der Waals surface area contributed by atoms with E-state index in [1.807, 2.05) is 24.3 Å². The van der Waals surface area contributed by atoms with Gasteiger partial charge in [0.25, 0.3) is 0 Å². The van der Waals surface area contributed by atoms with Gasteiger partial charge in [-0.05, 0) is 12.6 Å². The molecule has 0 amide bonds. The zero-order chi connectivity index (χ0) is 17.6. The number of aromatic carboxylic acids is 1. The van der Waals surface area contributed by atoms with E-state index >= 15 is 0 Å². The molecule has 3 nitrogen and oxygen atoms in total. The molecule has 0 saturated carbocycles. The van der Waals surface area contributed by atoms with E-state index in [9.17, 15) is 4.79 Å². The molecule has 0 spiro atoms. The predicted molar refractivity (Wildman–Crippen MR) is 98.3 cm³/mol. The van der Waals surface area contributed by atoms with Crippen molar-refractivity contribution in [2.75, 3.05) is 0 Å². The van der Waals surface area contributed by atoms with Gasteiger partial charge in [-0.1, -0.05) is 17.7 Å². The van der Waals surface area contributed by atoms with Crippen LogP contribution in [0.4, 0.5) is 0 Å². The summed E-state index contributed by atoms with van der Waals surface area (Å²) in [6, 6.07) is 32.0. The van der Waals surface area contributed by atoms with Gasteiger partial charge in [-0.15, -0.1) is 59.6 Å². The molecule has 1 heterocycles. The van der Waals surface area contributed by atoms with Gasteiger partial charge in [0.2, 0.25) is 5.97 Å². The minimum absolute atomic E-state index is 0. The van der Waals surface area contributed by atoms with Crippen molar-refractivity contribution in [3.8, 4) is 11.3 Å². The van der Waals surface area contributed by atoms with Gasteiger partial charge >= 0.3 is 0 Å². The second kappa shape index (κ2) is 9.15. The molecule has 0 atom stereocenters. The van der Waals surface area contributed by atoms with E-state index < -0.39 is 5.97 Å². The molecule has 0 aliphatic carbocycles. The normalized spacial score (nSPS) is 9.73. The maximum absolute atomic E-state index is 10.2. The minimum Gasteiger partial charge on any atom is -0.521 e. The molecule has 0 aliphatic rings. The SMILES string of the molecule is Cn1c(-c2[c-]cccc2)[c-]c2ccccc21.O=C(O)c1[c-]cccc1.[Pd]. The summed E-state index contributed by atoms with van der Waals surface area (Å²) < 4.78 is 2.15. The largest absolute Gasteiger partial charge is 0.521 e. The first-order valence-corrected chi connectivity index (χ1v) is 7.80. The number of para-hydroxylation sites is 1. The standard InChI is InChI=1S/C15H11N.C7H5O2.Pd/c1-16-14-10-6-5-9-13(14)11-15(16)12-7-3-2-4-8-12;8-7(9)6-4-2-1-3-5-6;/h2-7,9-10H,1H3;1-4H,(H,8,9);/q-2;-1;. The van der Waals surface area contributed by atoms with Crippen molar-refractivity contribution in [2.24, 2.45) is 7.05 Å². The number of benzene rings is 3. The Labute approximate surface area is 166 Å². The fourth-order valence-electron chi connectivity index (χ4n) is 2.52. The maximum Gasteiger partial charge on any atom is 0.247 e. The molecule has 4 aromatic rings. The van der Waals surface area contributed by atoms with Crippen molar-refractivity contribution >= 4 is 16.9 Å². The Morgan fingerprint density at radius 3 is 2.12 bits per heavy atom. The summed E-state index contributed by atoms with van der Waals surface area (Å²) in [6.45, 7) is 0. The van der Waals surface area contributed by atoms with Crippen LogP contribution in [0.5, 0.6) is 0 Å². The number of hydrogen-bond donors (Lipinski definition) is 1. The van der Waals surface area contributed by atoms with Gasteiger partial charge in [-0.3, -0.25) is 0 Å². The summed E-state index contributed by atoms with van der Waals surface area (Å²) in [5.41, 5.74) is 3.58. The van der Waals surface area contributed by atoms with Crippen LogP contribution in [0.1, 0.15) is 10.4 Å². The van der Waals surface area contributed by atoms with Gasteiger partial charge in [0.1, 0.15) is 0 Å². The number of carbonyl (C=O) groups is 1. The summed E-state index contributed by atoms with van der Waals surface area (Å²) >= 11 is 0. The van der Waals surface area contributed by atoms with Crippen molar-refractivity contribution in [1.29, 1.82) is 0 Å². The molecule has 0 saturated heterocycles. The van der Waals surface area contributed by atoms with E-state index in [1.54, 1.807) is 18.2 Å². The van der Waals surface area contributed by atoms with Crippen LogP contribution >= 0.6 is 0 Å². The van der Waals surface area contributed by atoms with Gasteiger partial charge in [0.05, 0.1) is 0 Å². The fraction of sp³-hybridized carbons (Fsp3) is 0.0455. The summed E-state index contributed by atoms with van der Waals surface area (Å²) in [6.07, 6.45) is 0. The molecule has 3 aromatic carbocycles. The molecular weight excluding hydrogens is 417 g/mol. The van der Waals surface area contributed by atoms with Crippen LogP contribution in [-0.4, -0.2) is 15.6 Å². The second-order valence-electron chi connectivity index (χ2n) is 5.41. The van der Waals surface area contributed by atoms with Crippen LogP contribution < -0.4 is 0 Å². The molecule has 0 aliphatic heterocycles. The number of aryl methyl sites for hydroxylation is 1. The van der Waals surface area contributed by atoms with Gasteiger partial charge in [0.15, 0.2) is 0 Å². The molecule has 4 heteroatoms. The van der Waals surface area contributed by atoms with E-state index in [4.69, 9.17) is 5.11 Å². The van der Waals surface area contributed by atoms with Crippen LogP contribution in [0, 0.1) is 18.2 Å². The molecule has 0 unspecified atom stereocenters. The third kappa shape index (κ3) is 4.49. The van der Waals surface area contributed by atoms with Crippen molar-refractivity contribution in [3.63, 3.8) is 0 Å². The van der Waals surface area contributed by atoms with Crippen molar-refractivity contribution in [2.45, 2.75) is 0 Å². The topological polar surface area (TPSA) is 42.2 Å². The zero-order valence-corrected chi connectivity index (χ0v) is 15.6. The average Bonchev–Trinajstić information content (AvgIpc) is 3.01. The molecule has 0 fully saturated rings. The van der Waals surface area contributed by atoms with Crippen LogP contribution in [-0.2, 0) is 27.5 Å². The molecule has 1 N–H and O–H groups in total. The van der Waals surface area contributed by atoms with Gasteiger partial charge in [-0.2, -0.15) is 30.3 Å². The van der Waals surface area contributed by atoms with Crippen LogP contribution in [0.15, 0.2) is 72.8 Å². The van der Waals surface area contributed by atoms with Crippen LogP contribution in [0.3, 0.4) is 0 Å². The Balaban J connectivity index is 0.000000210. The summed E-state index contributed by atoms with van der Waals surface area (Å²) in [4.78, 5) is 10.2. The number of hydrogen-bond acceptors (Lipinski definition) is 1. The van der Waals surface area contributed by atoms with E-state index in [0.29, 0.717) is 0 Å². The first-order chi connectivity index (χ1) is 12.2. The Morgan fingerprint density at radius 1 is 0.923 bits per heavy atom. The molecule has 0 bridgehead atoms. The molecule has 1 aromatic heterocycles. The predicted octanol–water partition coefficient (Wildman–Crippen LogP) is 4.63. The zero-order valence-electron chi connectivity index (χ0n) is 14.0. The third-order valence-corrected chi connectivity index (χ3v) is 3.76. The number of rotatable bonds is 2. The fourth-order valence-corrected chi connectivity index (χ4v) is 2.52. The van der Waals surface area contributed by atoms with E-state index in [0.717, 1.165) is 16.6 Å². The Kier molecular flexibility index (Phi) is 6.91. The summed E-state index contributed by atoms with van der Waals surface area (Å²) in [5, 5.41) is 9.50. The van der Waals surface area contributed by atoms with Crippen LogP contribution in [0.2, 0.25) is 0 Å². The van der Waals surface area contributed by atoms with E-state index in [2.05, 4.69) is 54.1 Å². The number of aromatic nitrogens is 1. The van der Waals surface area contributed by atoms with Gasteiger partial charge in [0, 0.05) is 20.4 Å². The number of fused-ring (bicyclic) bond motifs is 1.